The molecule has 0 saturated heterocycles. The van der Waals surface area contributed by atoms with E-state index in [1.54, 1.807) is 24.4 Å². The predicted molar refractivity (Wildman–Crippen MR) is 136 cm³/mol. The van der Waals surface area contributed by atoms with Gasteiger partial charge < -0.3 is 25.8 Å². The van der Waals surface area contributed by atoms with Gasteiger partial charge in [0.25, 0.3) is 5.91 Å². The Morgan fingerprint density at radius 3 is 2.77 bits per heavy atom. The minimum Gasteiger partial charge on any atom is -0.490 e. The van der Waals surface area contributed by atoms with Crippen LogP contribution in [0.5, 0.6) is 5.75 Å². The van der Waals surface area contributed by atoms with Gasteiger partial charge in [0.05, 0.1) is 18.4 Å². The van der Waals surface area contributed by atoms with E-state index in [1.807, 2.05) is 24.3 Å². The van der Waals surface area contributed by atoms with Gasteiger partial charge in [-0.05, 0) is 81.0 Å². The molecule has 1 saturated carbocycles. The Kier molecular flexibility index (Phi) is 7.09. The van der Waals surface area contributed by atoms with Crippen molar-refractivity contribution in [2.75, 3.05) is 24.2 Å². The van der Waals surface area contributed by atoms with Gasteiger partial charge in [-0.15, -0.1) is 0 Å². The zero-order chi connectivity index (χ0) is 24.0. The standard InChI is InChI=1S/C27H31N5O3/c28-23-16-18-7-9-22(23)24-11-13-30-27(32-24)31-20-8-10-25(35-21-5-1-2-6-21)19(15-20)17-34-14-4-3-12-29-26(18)33/h7-11,13,15-16,21H,1-6,12,14,17,28H2,(H,29,33)(H,30,31,32). The number of fused-ring (bicyclic) bond motifs is 9. The van der Waals surface area contributed by atoms with Crippen LogP contribution >= 0.6 is 0 Å². The molecule has 2 aromatic carbocycles. The summed E-state index contributed by atoms with van der Waals surface area (Å²) < 4.78 is 12.3. The number of hydrogen-bond acceptors (Lipinski definition) is 7. The van der Waals surface area contributed by atoms with E-state index in [0.29, 0.717) is 42.7 Å². The van der Waals surface area contributed by atoms with Gasteiger partial charge in [0, 0.05) is 47.4 Å². The topological polar surface area (TPSA) is 111 Å². The van der Waals surface area contributed by atoms with Crippen molar-refractivity contribution in [3.05, 3.63) is 59.8 Å². The molecule has 1 aromatic heterocycles. The fourth-order valence-corrected chi connectivity index (χ4v) is 4.52. The lowest BCUT2D eigenvalue weighted by Gasteiger charge is -2.18. The molecule has 0 radical (unpaired) electrons. The first-order valence-corrected chi connectivity index (χ1v) is 12.3. The van der Waals surface area contributed by atoms with Gasteiger partial charge in [0.2, 0.25) is 5.95 Å². The maximum absolute atomic E-state index is 12.5. The van der Waals surface area contributed by atoms with E-state index in [1.165, 1.54) is 12.8 Å². The summed E-state index contributed by atoms with van der Waals surface area (Å²) in [5.41, 5.74) is 10.6. The van der Waals surface area contributed by atoms with Crippen molar-refractivity contribution in [1.82, 2.24) is 15.3 Å². The van der Waals surface area contributed by atoms with Crippen LogP contribution in [-0.4, -0.2) is 35.1 Å². The molecule has 6 rings (SSSR count). The number of nitrogens with one attached hydrogen (secondary N) is 2. The van der Waals surface area contributed by atoms with Crippen LogP contribution in [-0.2, 0) is 11.3 Å². The number of anilines is 3. The molecule has 8 heteroatoms. The average Bonchev–Trinajstić information content (AvgIpc) is 3.37. The second kappa shape index (κ2) is 10.7. The number of amides is 1. The second-order valence-corrected chi connectivity index (χ2v) is 9.05. The molecule has 2 aliphatic heterocycles. The van der Waals surface area contributed by atoms with Crippen molar-refractivity contribution in [2.24, 2.45) is 0 Å². The average molecular weight is 474 g/mol. The van der Waals surface area contributed by atoms with Gasteiger partial charge >= 0.3 is 0 Å². The van der Waals surface area contributed by atoms with E-state index < -0.39 is 0 Å². The number of carbonyl (C=O) groups is 1. The van der Waals surface area contributed by atoms with Crippen molar-refractivity contribution in [2.45, 2.75) is 51.2 Å². The number of carbonyl (C=O) groups excluding carboxylic acids is 1. The molecular weight excluding hydrogens is 442 g/mol. The molecule has 3 aliphatic rings. The predicted octanol–water partition coefficient (Wildman–Crippen LogP) is 4.83. The van der Waals surface area contributed by atoms with Crippen LogP contribution in [0.1, 0.15) is 54.4 Å². The minimum absolute atomic E-state index is 0.142. The van der Waals surface area contributed by atoms with Crippen LogP contribution in [0.2, 0.25) is 0 Å². The van der Waals surface area contributed by atoms with Crippen molar-refractivity contribution in [3.63, 3.8) is 0 Å². The summed E-state index contributed by atoms with van der Waals surface area (Å²) in [6, 6.07) is 13.1. The lowest BCUT2D eigenvalue weighted by molar-refractivity contribution is 0.0944. The van der Waals surface area contributed by atoms with Gasteiger partial charge in [0.15, 0.2) is 0 Å². The summed E-state index contributed by atoms with van der Waals surface area (Å²) >= 11 is 0. The largest absolute Gasteiger partial charge is 0.490 e. The first kappa shape index (κ1) is 23.1. The Bertz CT molecular complexity index is 1190. The quantitative estimate of drug-likeness (QED) is 0.457. The smallest absolute Gasteiger partial charge is 0.251 e. The number of hydrogen-bond donors (Lipinski definition) is 3. The van der Waals surface area contributed by atoms with Gasteiger partial charge in [-0.25, -0.2) is 9.97 Å². The molecule has 182 valence electrons. The Balaban J connectivity index is 1.45. The van der Waals surface area contributed by atoms with E-state index >= 15 is 0 Å². The molecule has 3 heterocycles. The third-order valence-electron chi connectivity index (χ3n) is 6.42. The van der Waals surface area contributed by atoms with Gasteiger partial charge in [-0.3, -0.25) is 4.79 Å². The summed E-state index contributed by atoms with van der Waals surface area (Å²) in [5.74, 6) is 1.18. The molecular formula is C27H31N5O3. The number of ether oxygens (including phenoxy) is 2. The monoisotopic (exact) mass is 473 g/mol. The van der Waals surface area contributed by atoms with Gasteiger partial charge in [0.1, 0.15) is 5.75 Å². The maximum atomic E-state index is 12.5. The highest BCUT2D eigenvalue weighted by atomic mass is 16.5. The highest BCUT2D eigenvalue weighted by Gasteiger charge is 2.19. The highest BCUT2D eigenvalue weighted by molar-refractivity contribution is 5.96. The number of aromatic nitrogens is 2. The number of benzene rings is 2. The van der Waals surface area contributed by atoms with E-state index in [-0.39, 0.29) is 12.0 Å². The first-order valence-electron chi connectivity index (χ1n) is 12.3. The fraction of sp³-hybridized carbons (Fsp3) is 0.370. The normalized spacial score (nSPS) is 17.1. The van der Waals surface area contributed by atoms with Crippen LogP contribution in [0.4, 0.5) is 17.3 Å². The molecule has 3 aromatic rings. The molecule has 1 aliphatic carbocycles. The van der Waals surface area contributed by atoms with Crippen LogP contribution in [0, 0.1) is 0 Å². The van der Waals surface area contributed by atoms with Crippen molar-refractivity contribution >= 4 is 23.2 Å². The van der Waals surface area contributed by atoms with Crippen LogP contribution in [0.3, 0.4) is 0 Å². The van der Waals surface area contributed by atoms with Crippen LogP contribution in [0.15, 0.2) is 48.7 Å². The fourth-order valence-electron chi connectivity index (χ4n) is 4.52. The zero-order valence-corrected chi connectivity index (χ0v) is 19.8. The molecule has 1 amide bonds. The van der Waals surface area contributed by atoms with E-state index in [4.69, 9.17) is 15.2 Å². The Morgan fingerprint density at radius 2 is 1.91 bits per heavy atom. The zero-order valence-electron chi connectivity index (χ0n) is 19.8. The van der Waals surface area contributed by atoms with Crippen LogP contribution < -0.4 is 21.1 Å². The summed E-state index contributed by atoms with van der Waals surface area (Å²) in [6.07, 6.45) is 8.25. The molecule has 0 atom stereocenters. The van der Waals surface area contributed by atoms with Crippen LogP contribution in [0.25, 0.3) is 11.3 Å². The number of nitrogen functional groups attached to an aromatic ring is 1. The molecule has 6 bridgehead atoms. The Hall–Kier alpha value is -3.65. The molecule has 0 unspecified atom stereocenters. The molecule has 35 heavy (non-hydrogen) atoms. The molecule has 8 nitrogen and oxygen atoms in total. The number of nitrogens with two attached hydrogens (primary N) is 1. The summed E-state index contributed by atoms with van der Waals surface area (Å²) in [7, 11) is 0. The Labute approximate surface area is 205 Å². The lowest BCUT2D eigenvalue weighted by atomic mass is 10.1. The van der Waals surface area contributed by atoms with Crippen molar-refractivity contribution in [1.29, 1.82) is 0 Å². The summed E-state index contributed by atoms with van der Waals surface area (Å²) in [6.45, 7) is 1.63. The van der Waals surface area contributed by atoms with E-state index in [9.17, 15) is 4.79 Å². The summed E-state index contributed by atoms with van der Waals surface area (Å²) in [4.78, 5) is 21.6. The third-order valence-corrected chi connectivity index (χ3v) is 6.42. The Morgan fingerprint density at radius 1 is 1.03 bits per heavy atom. The second-order valence-electron chi connectivity index (χ2n) is 9.05. The van der Waals surface area contributed by atoms with Gasteiger partial charge in [-0.2, -0.15) is 0 Å². The molecule has 1 fully saturated rings. The van der Waals surface area contributed by atoms with Crippen molar-refractivity contribution in [3.8, 4) is 17.0 Å². The number of rotatable bonds is 2. The van der Waals surface area contributed by atoms with E-state index in [0.717, 1.165) is 48.2 Å². The van der Waals surface area contributed by atoms with E-state index in [2.05, 4.69) is 20.6 Å². The third kappa shape index (κ3) is 5.71. The summed E-state index contributed by atoms with van der Waals surface area (Å²) in [5, 5.41) is 6.25. The molecule has 4 N–H and O–H groups in total. The minimum atomic E-state index is -0.142. The van der Waals surface area contributed by atoms with Crippen molar-refractivity contribution < 1.29 is 14.3 Å². The SMILES string of the molecule is Nc1cc2ccc1-c1ccnc(n1)Nc1ccc(OC3CCCC3)c(c1)COCCCCNC2=O. The molecule has 0 spiro atoms. The highest BCUT2D eigenvalue weighted by Crippen LogP contribution is 2.31. The van der Waals surface area contributed by atoms with Gasteiger partial charge in [-0.1, -0.05) is 0 Å². The lowest BCUT2D eigenvalue weighted by Crippen LogP contribution is -2.24. The maximum Gasteiger partial charge on any atom is 0.251 e. The first-order chi connectivity index (χ1) is 17.2. The number of nitrogens with zero attached hydrogens (tertiary/aromatic N) is 2.